The maximum absolute atomic E-state index is 12.9. The third kappa shape index (κ3) is 3.85. The van der Waals surface area contributed by atoms with E-state index >= 15 is 0 Å². The first kappa shape index (κ1) is 15.6. The Hall–Kier alpha value is -1.80. The number of halogens is 1. The van der Waals surface area contributed by atoms with E-state index in [1.54, 1.807) is 12.1 Å². The molecular formula is C13H17FN4O2S. The minimum atomic E-state index is -3.93. The topological polar surface area (TPSA) is 90.9 Å². The lowest BCUT2D eigenvalue weighted by atomic mass is 10.1. The molecule has 0 radical (unpaired) electrons. The highest BCUT2D eigenvalue weighted by Gasteiger charge is 2.21. The quantitative estimate of drug-likeness (QED) is 0.901. The molecule has 1 aromatic heterocycles. The molecule has 2 aromatic rings. The van der Waals surface area contributed by atoms with E-state index in [1.165, 1.54) is 16.7 Å². The number of primary sulfonamides is 1. The number of rotatable bonds is 5. The number of sulfonamides is 1. The molecule has 2 N–H and O–H groups in total. The SMILES string of the molecule is CC(C)Cn1c(Cc2ccc(F)cc2)nnc1S(N)(=O)=O. The first-order chi connectivity index (χ1) is 9.77. The molecule has 0 aliphatic carbocycles. The highest BCUT2D eigenvalue weighted by atomic mass is 32.2. The van der Waals surface area contributed by atoms with Gasteiger partial charge in [0.1, 0.15) is 11.6 Å². The van der Waals surface area contributed by atoms with E-state index < -0.39 is 10.0 Å². The van der Waals surface area contributed by atoms with E-state index in [9.17, 15) is 12.8 Å². The highest BCUT2D eigenvalue weighted by molar-refractivity contribution is 7.89. The van der Waals surface area contributed by atoms with Crippen molar-refractivity contribution < 1.29 is 12.8 Å². The van der Waals surface area contributed by atoms with Crippen molar-refractivity contribution in [3.05, 3.63) is 41.5 Å². The first-order valence-corrected chi connectivity index (χ1v) is 8.01. The third-order valence-electron chi connectivity index (χ3n) is 2.87. The van der Waals surface area contributed by atoms with Crippen LogP contribution in [0.4, 0.5) is 4.39 Å². The van der Waals surface area contributed by atoms with Crippen LogP contribution in [-0.2, 0) is 23.0 Å². The van der Waals surface area contributed by atoms with Gasteiger partial charge in [-0.3, -0.25) is 0 Å². The van der Waals surface area contributed by atoms with Gasteiger partial charge in [-0.05, 0) is 23.6 Å². The van der Waals surface area contributed by atoms with Gasteiger partial charge in [-0.1, -0.05) is 26.0 Å². The van der Waals surface area contributed by atoms with Gasteiger partial charge >= 0.3 is 0 Å². The third-order valence-corrected chi connectivity index (χ3v) is 3.68. The van der Waals surface area contributed by atoms with Crippen molar-refractivity contribution in [2.75, 3.05) is 0 Å². The Morgan fingerprint density at radius 1 is 1.24 bits per heavy atom. The van der Waals surface area contributed by atoms with Crippen molar-refractivity contribution in [3.8, 4) is 0 Å². The van der Waals surface area contributed by atoms with Crippen LogP contribution in [0.15, 0.2) is 29.4 Å². The second-order valence-electron chi connectivity index (χ2n) is 5.25. The summed E-state index contributed by atoms with van der Waals surface area (Å²) in [5.74, 6) is 0.362. The van der Waals surface area contributed by atoms with Crippen LogP contribution >= 0.6 is 0 Å². The van der Waals surface area contributed by atoms with Gasteiger partial charge in [0.25, 0.3) is 15.2 Å². The van der Waals surface area contributed by atoms with Gasteiger partial charge in [0.15, 0.2) is 0 Å². The van der Waals surface area contributed by atoms with Crippen LogP contribution in [0.3, 0.4) is 0 Å². The fraction of sp³-hybridized carbons (Fsp3) is 0.385. The number of hydrogen-bond donors (Lipinski definition) is 1. The second-order valence-corrected chi connectivity index (χ2v) is 6.71. The average Bonchev–Trinajstić information content (AvgIpc) is 2.74. The van der Waals surface area contributed by atoms with Gasteiger partial charge in [-0.15, -0.1) is 10.2 Å². The summed E-state index contributed by atoms with van der Waals surface area (Å²) in [7, 11) is -3.93. The number of hydrogen-bond acceptors (Lipinski definition) is 4. The summed E-state index contributed by atoms with van der Waals surface area (Å²) in [5.41, 5.74) is 0.815. The second kappa shape index (κ2) is 5.90. The molecule has 0 bridgehead atoms. The van der Waals surface area contributed by atoms with Crippen molar-refractivity contribution in [1.82, 2.24) is 14.8 Å². The number of nitrogens with two attached hydrogens (primary N) is 1. The fourth-order valence-electron chi connectivity index (χ4n) is 1.99. The molecule has 0 spiro atoms. The van der Waals surface area contributed by atoms with Crippen molar-refractivity contribution in [1.29, 1.82) is 0 Å². The van der Waals surface area contributed by atoms with Crippen LogP contribution in [-0.4, -0.2) is 23.2 Å². The molecule has 1 aromatic carbocycles. The van der Waals surface area contributed by atoms with Gasteiger partial charge in [-0.25, -0.2) is 17.9 Å². The number of aromatic nitrogens is 3. The lowest BCUT2D eigenvalue weighted by Gasteiger charge is -2.11. The maximum atomic E-state index is 12.9. The van der Waals surface area contributed by atoms with Crippen molar-refractivity contribution >= 4 is 10.0 Å². The monoisotopic (exact) mass is 312 g/mol. The first-order valence-electron chi connectivity index (χ1n) is 6.46. The molecule has 0 aliphatic rings. The zero-order chi connectivity index (χ0) is 15.6. The van der Waals surface area contributed by atoms with Crippen LogP contribution in [0.5, 0.6) is 0 Å². The predicted octanol–water partition coefficient (Wildman–Crippen LogP) is 1.31. The summed E-state index contributed by atoms with van der Waals surface area (Å²) >= 11 is 0. The van der Waals surface area contributed by atoms with Gasteiger partial charge in [-0.2, -0.15) is 0 Å². The van der Waals surface area contributed by atoms with E-state index in [-0.39, 0.29) is 16.9 Å². The normalized spacial score (nSPS) is 12.0. The maximum Gasteiger partial charge on any atom is 0.273 e. The number of benzene rings is 1. The van der Waals surface area contributed by atoms with Crippen LogP contribution < -0.4 is 5.14 Å². The largest absolute Gasteiger partial charge is 0.300 e. The van der Waals surface area contributed by atoms with E-state index in [0.29, 0.717) is 18.8 Å². The van der Waals surface area contributed by atoms with E-state index in [4.69, 9.17) is 5.14 Å². The van der Waals surface area contributed by atoms with Gasteiger partial charge < -0.3 is 4.57 Å². The van der Waals surface area contributed by atoms with E-state index in [2.05, 4.69) is 10.2 Å². The molecule has 0 atom stereocenters. The molecule has 0 saturated carbocycles. The Labute approximate surface area is 122 Å². The lowest BCUT2D eigenvalue weighted by molar-refractivity contribution is 0.472. The molecule has 6 nitrogen and oxygen atoms in total. The molecule has 8 heteroatoms. The Balaban J connectivity index is 2.39. The summed E-state index contributed by atoms with van der Waals surface area (Å²) in [5, 5.41) is 12.5. The van der Waals surface area contributed by atoms with Crippen LogP contribution in [0, 0.1) is 11.7 Å². The lowest BCUT2D eigenvalue weighted by Crippen LogP contribution is -2.21. The summed E-state index contributed by atoms with van der Waals surface area (Å²) in [6.07, 6.45) is 0.357. The molecular weight excluding hydrogens is 295 g/mol. The van der Waals surface area contributed by atoms with Crippen molar-refractivity contribution in [2.45, 2.75) is 32.0 Å². The standard InChI is InChI=1S/C13H17FN4O2S/c1-9(2)8-18-12(16-17-13(18)21(15,19)20)7-10-3-5-11(14)6-4-10/h3-6,9H,7-8H2,1-2H3,(H2,15,19,20). The minimum Gasteiger partial charge on any atom is -0.300 e. The van der Waals surface area contributed by atoms with Crippen LogP contribution in [0.25, 0.3) is 0 Å². The summed E-state index contributed by atoms with van der Waals surface area (Å²) in [6.45, 7) is 4.35. The summed E-state index contributed by atoms with van der Waals surface area (Å²) < 4.78 is 37.5. The smallest absolute Gasteiger partial charge is 0.273 e. The van der Waals surface area contributed by atoms with Gasteiger partial charge in [0.05, 0.1) is 0 Å². The highest BCUT2D eigenvalue weighted by Crippen LogP contribution is 2.15. The van der Waals surface area contributed by atoms with Crippen LogP contribution in [0.1, 0.15) is 25.2 Å². The zero-order valence-electron chi connectivity index (χ0n) is 11.8. The van der Waals surface area contributed by atoms with Crippen molar-refractivity contribution in [2.24, 2.45) is 11.1 Å². The zero-order valence-corrected chi connectivity index (χ0v) is 12.6. The Morgan fingerprint density at radius 2 is 1.86 bits per heavy atom. The molecule has 0 unspecified atom stereocenters. The van der Waals surface area contributed by atoms with E-state index in [1.807, 2.05) is 13.8 Å². The Bertz CT molecular complexity index is 723. The molecule has 114 valence electrons. The molecule has 21 heavy (non-hydrogen) atoms. The average molecular weight is 312 g/mol. The Kier molecular flexibility index (Phi) is 4.38. The summed E-state index contributed by atoms with van der Waals surface area (Å²) in [6, 6.07) is 5.94. The van der Waals surface area contributed by atoms with Crippen molar-refractivity contribution in [3.63, 3.8) is 0 Å². The Morgan fingerprint density at radius 3 is 2.38 bits per heavy atom. The molecule has 0 aliphatic heterocycles. The van der Waals surface area contributed by atoms with Gasteiger partial charge in [0.2, 0.25) is 0 Å². The predicted molar refractivity (Wildman–Crippen MR) is 75.4 cm³/mol. The number of nitrogens with zero attached hydrogens (tertiary/aromatic N) is 3. The van der Waals surface area contributed by atoms with Gasteiger partial charge in [0, 0.05) is 13.0 Å². The molecule has 0 fully saturated rings. The summed E-state index contributed by atoms with van der Waals surface area (Å²) in [4.78, 5) is 0. The molecule has 2 rings (SSSR count). The van der Waals surface area contributed by atoms with Crippen LogP contribution in [0.2, 0.25) is 0 Å². The molecule has 0 amide bonds. The fourth-order valence-corrected chi connectivity index (χ4v) is 2.64. The molecule has 1 heterocycles. The molecule has 0 saturated heterocycles. The minimum absolute atomic E-state index is 0.202. The van der Waals surface area contributed by atoms with E-state index in [0.717, 1.165) is 5.56 Å².